The van der Waals surface area contributed by atoms with Gasteiger partial charge in [0.2, 0.25) is 5.91 Å². The summed E-state index contributed by atoms with van der Waals surface area (Å²) in [5.41, 5.74) is 0. The van der Waals surface area contributed by atoms with E-state index in [4.69, 9.17) is 13.8 Å². The number of hydrogen-bond donors (Lipinski definition) is 2. The minimum absolute atomic E-state index is 0.0353. The number of amides is 1. The van der Waals surface area contributed by atoms with Crippen molar-refractivity contribution in [2.24, 2.45) is 0 Å². The lowest BCUT2D eigenvalue weighted by atomic mass is 10.0. The molecule has 430 valence electrons. The maximum Gasteiger partial charge on any atom is 0.472 e. The van der Waals surface area contributed by atoms with Crippen LogP contribution in [0.5, 0.6) is 0 Å². The van der Waals surface area contributed by atoms with Crippen molar-refractivity contribution < 1.29 is 37.3 Å². The van der Waals surface area contributed by atoms with Crippen LogP contribution in [0.25, 0.3) is 0 Å². The second-order valence-corrected chi connectivity index (χ2v) is 23.4. The number of nitrogens with zero attached hydrogens (tertiary/aromatic N) is 1. The van der Waals surface area contributed by atoms with Crippen LogP contribution >= 0.6 is 7.82 Å². The van der Waals surface area contributed by atoms with E-state index in [9.17, 15) is 19.0 Å². The number of phosphoric ester groups is 1. The van der Waals surface area contributed by atoms with Crippen LogP contribution in [-0.2, 0) is 27.9 Å². The molecule has 0 aliphatic carbocycles. The van der Waals surface area contributed by atoms with Crippen LogP contribution in [0.15, 0.2) is 72.9 Å². The highest BCUT2D eigenvalue weighted by Crippen LogP contribution is 2.43. The first-order valence-electron chi connectivity index (χ1n) is 30.8. The van der Waals surface area contributed by atoms with E-state index in [1.54, 1.807) is 0 Å². The molecule has 0 aromatic heterocycles. The fourth-order valence-electron chi connectivity index (χ4n) is 8.68. The van der Waals surface area contributed by atoms with Crippen molar-refractivity contribution in [3.05, 3.63) is 72.9 Å². The van der Waals surface area contributed by atoms with Crippen LogP contribution in [-0.4, -0.2) is 74.3 Å². The maximum absolute atomic E-state index is 13.5. The Morgan fingerprint density at radius 2 is 0.919 bits per heavy atom. The number of likely N-dealkylation sites (N-methyl/N-ethyl adjacent to an activating group) is 1. The largest absolute Gasteiger partial charge is 0.472 e. The SMILES string of the molecule is CC/C=C/C=C/C=C/CCCCCCCCCC(=O)NC(COP(=O)(O)OCC[N+](C)(C)C)C(/C=C\CCCCCCCCCCCC)OC(=O)CCCCCCCCCCCCC/C=C\C/C=C\CCCCC. The molecule has 0 spiro atoms. The highest BCUT2D eigenvalue weighted by Gasteiger charge is 2.30. The van der Waals surface area contributed by atoms with Gasteiger partial charge < -0.3 is 19.4 Å². The average molecular weight is 1060 g/mol. The van der Waals surface area contributed by atoms with Gasteiger partial charge in [-0.05, 0) is 83.1 Å². The highest BCUT2D eigenvalue weighted by molar-refractivity contribution is 7.47. The second-order valence-electron chi connectivity index (χ2n) is 21.9. The van der Waals surface area contributed by atoms with Gasteiger partial charge in [-0.2, -0.15) is 0 Å². The molecular formula is C64H118N2O7P+. The zero-order valence-corrected chi connectivity index (χ0v) is 50.0. The molecule has 9 nitrogen and oxygen atoms in total. The smallest absolute Gasteiger partial charge is 0.456 e. The number of phosphoric acid groups is 1. The van der Waals surface area contributed by atoms with Crippen LogP contribution in [0.3, 0.4) is 0 Å². The van der Waals surface area contributed by atoms with E-state index in [0.717, 1.165) is 83.5 Å². The molecular weight excluding hydrogens is 940 g/mol. The summed E-state index contributed by atoms with van der Waals surface area (Å²) in [6, 6.07) is -0.857. The van der Waals surface area contributed by atoms with Gasteiger partial charge in [0.25, 0.3) is 0 Å². The lowest BCUT2D eigenvalue weighted by Gasteiger charge is -2.27. The van der Waals surface area contributed by atoms with Crippen LogP contribution in [0.2, 0.25) is 0 Å². The van der Waals surface area contributed by atoms with E-state index < -0.39 is 20.0 Å². The third kappa shape index (κ3) is 54.2. The lowest BCUT2D eigenvalue weighted by Crippen LogP contribution is -2.47. The van der Waals surface area contributed by atoms with Gasteiger partial charge in [0.1, 0.15) is 19.3 Å². The average Bonchev–Trinajstić information content (AvgIpc) is 3.36. The molecule has 0 rings (SSSR count). The van der Waals surface area contributed by atoms with E-state index in [1.165, 1.54) is 154 Å². The molecule has 0 fully saturated rings. The molecule has 0 radical (unpaired) electrons. The lowest BCUT2D eigenvalue weighted by molar-refractivity contribution is -0.870. The van der Waals surface area contributed by atoms with Gasteiger partial charge in [0.05, 0.1) is 33.8 Å². The normalized spacial score (nSPS) is 14.2. The summed E-state index contributed by atoms with van der Waals surface area (Å²) < 4.78 is 30.7. The molecule has 0 heterocycles. The van der Waals surface area contributed by atoms with Crippen molar-refractivity contribution in [1.82, 2.24) is 5.32 Å². The quantitative estimate of drug-likeness (QED) is 0.0156. The van der Waals surface area contributed by atoms with Crippen molar-refractivity contribution in [1.29, 1.82) is 0 Å². The van der Waals surface area contributed by atoms with Crippen LogP contribution in [0.1, 0.15) is 271 Å². The van der Waals surface area contributed by atoms with Crippen molar-refractivity contribution in [2.75, 3.05) is 40.9 Å². The Morgan fingerprint density at radius 1 is 0.500 bits per heavy atom. The van der Waals surface area contributed by atoms with Crippen molar-refractivity contribution in [3.8, 4) is 0 Å². The number of allylic oxidation sites excluding steroid dienone is 11. The van der Waals surface area contributed by atoms with E-state index in [1.807, 2.05) is 33.3 Å². The van der Waals surface area contributed by atoms with Gasteiger partial charge in [0.15, 0.2) is 0 Å². The Bertz CT molecular complexity index is 1500. The number of carbonyl (C=O) groups excluding carboxylic acids is 2. The standard InChI is InChI=1S/C64H117N2O7P/c1-7-10-13-16-19-22-25-28-30-31-32-33-34-35-37-39-42-45-48-51-54-57-64(68)73-62(55-52-49-46-43-40-27-24-21-18-15-12-9-3)61(60-72-74(69,70)71-59-58-66(4,5)6)65-63(67)56-53-50-47-44-41-38-36-29-26-23-20-17-14-11-8-2/h11,14,17,19-20,22-23,26,28,30,52,55,61-62H,7-10,12-13,15-16,18,21,24-25,27,29,31-51,53-54,56-60H2,1-6H3,(H-,65,67,69,70)/p+1/b14-11+,20-17+,22-19-,26-23+,30-28-,55-52-. The molecule has 0 aromatic carbocycles. The van der Waals surface area contributed by atoms with E-state index in [0.29, 0.717) is 17.4 Å². The number of esters is 1. The van der Waals surface area contributed by atoms with E-state index in [-0.39, 0.29) is 31.5 Å². The number of nitrogens with one attached hydrogen (secondary N) is 1. The maximum atomic E-state index is 13.5. The predicted octanol–water partition coefficient (Wildman–Crippen LogP) is 18.8. The van der Waals surface area contributed by atoms with Crippen molar-refractivity contribution in [3.63, 3.8) is 0 Å². The number of rotatable bonds is 55. The third-order valence-corrected chi connectivity index (χ3v) is 14.4. The summed E-state index contributed by atoms with van der Waals surface area (Å²) in [7, 11) is 1.48. The fourth-order valence-corrected chi connectivity index (χ4v) is 9.41. The number of quaternary nitrogens is 1. The number of carbonyl (C=O) groups is 2. The molecule has 0 aliphatic heterocycles. The first-order chi connectivity index (χ1) is 35.9. The monoisotopic (exact) mass is 1060 g/mol. The Balaban J connectivity index is 5.24. The van der Waals surface area contributed by atoms with E-state index in [2.05, 4.69) is 86.8 Å². The topological polar surface area (TPSA) is 111 Å². The van der Waals surface area contributed by atoms with Gasteiger partial charge in [-0.1, -0.05) is 248 Å². The summed E-state index contributed by atoms with van der Waals surface area (Å²) >= 11 is 0. The Hall–Kier alpha value is -2.55. The van der Waals surface area contributed by atoms with Gasteiger partial charge in [0, 0.05) is 12.8 Å². The molecule has 0 saturated carbocycles. The van der Waals surface area contributed by atoms with Gasteiger partial charge in [-0.25, -0.2) is 4.57 Å². The zero-order valence-electron chi connectivity index (χ0n) is 49.1. The molecule has 0 bridgehead atoms. The van der Waals surface area contributed by atoms with Gasteiger partial charge in [-0.15, -0.1) is 0 Å². The fraction of sp³-hybridized carbons (Fsp3) is 0.781. The van der Waals surface area contributed by atoms with Crippen LogP contribution in [0, 0.1) is 0 Å². The zero-order chi connectivity index (χ0) is 54.3. The second kappa shape index (κ2) is 53.8. The first kappa shape index (κ1) is 71.5. The molecule has 0 aliphatic rings. The summed E-state index contributed by atoms with van der Waals surface area (Å²) in [5.74, 6) is -0.519. The predicted molar refractivity (Wildman–Crippen MR) is 318 cm³/mol. The molecule has 1 amide bonds. The summed E-state index contributed by atoms with van der Waals surface area (Å²) in [6.45, 7) is 6.85. The van der Waals surface area contributed by atoms with Gasteiger partial charge in [-0.3, -0.25) is 18.6 Å². The molecule has 3 unspecified atom stereocenters. The molecule has 10 heteroatoms. The number of hydrogen-bond acceptors (Lipinski definition) is 6. The molecule has 0 saturated heterocycles. The summed E-state index contributed by atoms with van der Waals surface area (Å²) in [4.78, 5) is 37.7. The highest BCUT2D eigenvalue weighted by atomic mass is 31.2. The number of unbranched alkanes of at least 4 members (excludes halogenated alkanes) is 31. The molecule has 3 atom stereocenters. The minimum atomic E-state index is -4.45. The summed E-state index contributed by atoms with van der Waals surface area (Å²) in [5, 5.41) is 3.05. The minimum Gasteiger partial charge on any atom is -0.456 e. The number of ether oxygens (including phenoxy) is 1. The van der Waals surface area contributed by atoms with Crippen molar-refractivity contribution in [2.45, 2.75) is 283 Å². The van der Waals surface area contributed by atoms with E-state index >= 15 is 0 Å². The van der Waals surface area contributed by atoms with Crippen LogP contribution in [0.4, 0.5) is 0 Å². The third-order valence-electron chi connectivity index (χ3n) is 13.4. The molecule has 0 aromatic rings. The van der Waals surface area contributed by atoms with Crippen LogP contribution < -0.4 is 5.32 Å². The van der Waals surface area contributed by atoms with Crippen molar-refractivity contribution >= 4 is 19.7 Å². The Labute approximate surface area is 457 Å². The molecule has 2 N–H and O–H groups in total. The Morgan fingerprint density at radius 3 is 1.42 bits per heavy atom. The van der Waals surface area contributed by atoms with Gasteiger partial charge >= 0.3 is 13.8 Å². The first-order valence-corrected chi connectivity index (χ1v) is 32.3. The Kier molecular flexibility index (Phi) is 52.0. The summed E-state index contributed by atoms with van der Waals surface area (Å²) in [6.07, 6.45) is 68.9. The molecule has 74 heavy (non-hydrogen) atoms.